The molecular formula is C12H24BN5O5. The molecule has 1 amide bonds. The van der Waals surface area contributed by atoms with E-state index in [0.717, 1.165) is 0 Å². The lowest BCUT2D eigenvalue weighted by Gasteiger charge is -2.31. The van der Waals surface area contributed by atoms with Gasteiger partial charge in [-0.05, 0) is 25.7 Å². The van der Waals surface area contributed by atoms with Crippen molar-refractivity contribution in [2.75, 3.05) is 6.54 Å². The highest BCUT2D eigenvalue weighted by atomic mass is 16.5. The molecule has 0 saturated carbocycles. The highest BCUT2D eigenvalue weighted by Gasteiger charge is 2.37. The molecule has 0 aromatic heterocycles. The Bertz CT molecular complexity index is 446. The molecule has 23 heavy (non-hydrogen) atoms. The molecule has 0 radical (unpaired) electrons. The minimum Gasteiger partial charge on any atom is -0.481 e. The van der Waals surface area contributed by atoms with E-state index in [1.807, 2.05) is 0 Å². The zero-order chi connectivity index (χ0) is 17.4. The Morgan fingerprint density at radius 1 is 1.39 bits per heavy atom. The maximum Gasteiger partial charge on any atom is 0.478 e. The lowest BCUT2D eigenvalue weighted by molar-refractivity contribution is -0.139. The lowest BCUT2D eigenvalue weighted by Crippen LogP contribution is -2.56. The van der Waals surface area contributed by atoms with Crippen LogP contribution in [0.3, 0.4) is 0 Å². The number of carbonyl (C=O) groups excluding carboxylic acids is 1. The number of guanidine groups is 1. The van der Waals surface area contributed by atoms with E-state index >= 15 is 0 Å². The summed E-state index contributed by atoms with van der Waals surface area (Å²) in [5.41, 5.74) is 16.1. The van der Waals surface area contributed by atoms with Gasteiger partial charge in [-0.3, -0.25) is 14.6 Å². The highest BCUT2D eigenvalue weighted by molar-refractivity contribution is 6.45. The molecule has 1 saturated heterocycles. The molecule has 0 aromatic carbocycles. The number of hydrogen-bond acceptors (Lipinski definition) is 6. The molecule has 1 rings (SSSR count). The summed E-state index contributed by atoms with van der Waals surface area (Å²) in [5.74, 6) is -2.01. The summed E-state index contributed by atoms with van der Waals surface area (Å²) in [6.45, 7) is 0.384. The highest BCUT2D eigenvalue weighted by Crippen LogP contribution is 2.18. The van der Waals surface area contributed by atoms with E-state index in [1.165, 1.54) is 0 Å². The van der Waals surface area contributed by atoms with Crippen LogP contribution in [0.5, 0.6) is 0 Å². The van der Waals surface area contributed by atoms with Crippen LogP contribution in [0.15, 0.2) is 4.99 Å². The fourth-order valence-corrected chi connectivity index (χ4v) is 2.30. The first-order chi connectivity index (χ1) is 10.8. The van der Waals surface area contributed by atoms with Crippen LogP contribution in [0.2, 0.25) is 0 Å². The Balaban J connectivity index is 2.33. The quantitative estimate of drug-likeness (QED) is 0.122. The van der Waals surface area contributed by atoms with E-state index < -0.39 is 37.1 Å². The van der Waals surface area contributed by atoms with Gasteiger partial charge in [0.2, 0.25) is 5.91 Å². The zero-order valence-electron chi connectivity index (χ0n) is 12.9. The van der Waals surface area contributed by atoms with Crippen molar-refractivity contribution in [3.63, 3.8) is 0 Å². The Hall–Kier alpha value is -1.85. The van der Waals surface area contributed by atoms with Gasteiger partial charge >= 0.3 is 13.1 Å². The summed E-state index contributed by atoms with van der Waals surface area (Å²) in [4.78, 5) is 26.4. The average molecular weight is 329 g/mol. The van der Waals surface area contributed by atoms with Crippen molar-refractivity contribution in [2.24, 2.45) is 22.2 Å². The van der Waals surface area contributed by atoms with E-state index in [9.17, 15) is 14.6 Å². The fourth-order valence-electron chi connectivity index (χ4n) is 2.30. The molecule has 1 heterocycles. The molecule has 9 N–H and O–H groups in total. The molecule has 0 aliphatic carbocycles. The van der Waals surface area contributed by atoms with Gasteiger partial charge in [0.25, 0.3) is 0 Å². The topological polar surface area (TPSA) is 186 Å². The number of nitrogens with one attached hydrogen (secondary N) is 1. The van der Waals surface area contributed by atoms with Crippen LogP contribution in [-0.4, -0.2) is 59.7 Å². The van der Waals surface area contributed by atoms with Crippen molar-refractivity contribution in [3.8, 4) is 0 Å². The smallest absolute Gasteiger partial charge is 0.478 e. The van der Waals surface area contributed by atoms with Crippen LogP contribution in [0.25, 0.3) is 0 Å². The molecular weight excluding hydrogens is 305 g/mol. The maximum atomic E-state index is 12.0. The first-order valence-electron chi connectivity index (χ1n) is 7.46. The molecule has 1 fully saturated rings. The molecule has 10 nitrogen and oxygen atoms in total. The molecule has 11 heteroatoms. The van der Waals surface area contributed by atoms with Gasteiger partial charge in [0, 0.05) is 6.54 Å². The van der Waals surface area contributed by atoms with Crippen LogP contribution in [0.1, 0.15) is 32.1 Å². The maximum absolute atomic E-state index is 12.0. The van der Waals surface area contributed by atoms with Crippen molar-refractivity contribution in [1.29, 1.82) is 0 Å². The van der Waals surface area contributed by atoms with Crippen LogP contribution in [0, 0.1) is 0 Å². The molecule has 130 valence electrons. The van der Waals surface area contributed by atoms with Gasteiger partial charge in [0.15, 0.2) is 5.96 Å². The van der Waals surface area contributed by atoms with E-state index in [1.54, 1.807) is 0 Å². The third kappa shape index (κ3) is 7.31. The standard InChI is InChI=1S/C12H24BN5O5/c14-8(2-1-5-17-12(15)16)11(21)18-9-4-3-7(6-10(19)20)23-13(9)22/h7-9,22H,1-6,14H2,(H,18,21)(H,19,20)(H4,15,16,17)/t7-,8+,9-/m0/s1. The molecule has 0 bridgehead atoms. The number of aliphatic carboxylic acids is 1. The molecule has 0 spiro atoms. The van der Waals surface area contributed by atoms with Gasteiger partial charge in [0.05, 0.1) is 24.5 Å². The van der Waals surface area contributed by atoms with Gasteiger partial charge < -0.3 is 37.3 Å². The second-order valence-corrected chi connectivity index (χ2v) is 5.49. The van der Waals surface area contributed by atoms with E-state index in [0.29, 0.717) is 32.2 Å². The third-order valence-corrected chi connectivity index (χ3v) is 3.51. The number of hydrogen-bond donors (Lipinski definition) is 6. The largest absolute Gasteiger partial charge is 0.481 e. The molecule has 3 atom stereocenters. The van der Waals surface area contributed by atoms with Crippen LogP contribution in [0.4, 0.5) is 0 Å². The minimum absolute atomic E-state index is 0.0126. The lowest BCUT2D eigenvalue weighted by atomic mass is 9.72. The zero-order valence-corrected chi connectivity index (χ0v) is 12.9. The van der Waals surface area contributed by atoms with Gasteiger partial charge in [0.1, 0.15) is 0 Å². The average Bonchev–Trinajstić information content (AvgIpc) is 2.45. The van der Waals surface area contributed by atoms with E-state index in [-0.39, 0.29) is 12.4 Å². The number of nitrogens with two attached hydrogens (primary N) is 3. The molecule has 0 unspecified atom stereocenters. The normalized spacial score (nSPS) is 22.3. The summed E-state index contributed by atoms with van der Waals surface area (Å²) < 4.78 is 5.19. The van der Waals surface area contributed by atoms with Crippen LogP contribution >= 0.6 is 0 Å². The number of carbonyl (C=O) groups is 2. The Labute approximate surface area is 134 Å². The number of amides is 1. The first-order valence-corrected chi connectivity index (χ1v) is 7.46. The fraction of sp³-hybridized carbons (Fsp3) is 0.750. The van der Waals surface area contributed by atoms with Gasteiger partial charge in [-0.15, -0.1) is 0 Å². The number of nitrogens with zero attached hydrogens (tertiary/aromatic N) is 1. The van der Waals surface area contributed by atoms with Crippen molar-refractivity contribution in [1.82, 2.24) is 5.32 Å². The van der Waals surface area contributed by atoms with E-state index in [4.69, 9.17) is 27.0 Å². The molecule has 1 aliphatic rings. The summed E-state index contributed by atoms with van der Waals surface area (Å²) in [6.07, 6.45) is 1.08. The van der Waals surface area contributed by atoms with Crippen molar-refractivity contribution in [2.45, 2.75) is 50.2 Å². The molecule has 0 aromatic rings. The number of carboxylic acid groups (broad SMARTS) is 1. The van der Waals surface area contributed by atoms with Crippen molar-refractivity contribution < 1.29 is 24.4 Å². The monoisotopic (exact) mass is 329 g/mol. The number of carboxylic acids is 1. The Kier molecular flexibility index (Phi) is 7.79. The SMILES string of the molecule is NC(N)=NCCC[C@@H](N)C(=O)N[C@H]1CC[C@@H](CC(=O)O)OB1O. The van der Waals surface area contributed by atoms with Gasteiger partial charge in [-0.25, -0.2) is 0 Å². The second kappa shape index (κ2) is 9.33. The van der Waals surface area contributed by atoms with Crippen LogP contribution < -0.4 is 22.5 Å². The van der Waals surface area contributed by atoms with Crippen LogP contribution in [-0.2, 0) is 14.2 Å². The second-order valence-electron chi connectivity index (χ2n) is 5.49. The van der Waals surface area contributed by atoms with Gasteiger partial charge in [-0.2, -0.15) is 0 Å². The first kappa shape index (κ1) is 19.2. The van der Waals surface area contributed by atoms with E-state index in [2.05, 4.69) is 10.3 Å². The number of rotatable bonds is 8. The van der Waals surface area contributed by atoms with Gasteiger partial charge in [-0.1, -0.05) is 0 Å². The number of aliphatic imine (C=N–C) groups is 1. The Morgan fingerprint density at radius 3 is 2.65 bits per heavy atom. The summed E-state index contributed by atoms with van der Waals surface area (Å²) in [6, 6.07) is -0.742. The summed E-state index contributed by atoms with van der Waals surface area (Å²) in [7, 11) is -1.24. The molecule has 1 aliphatic heterocycles. The summed E-state index contributed by atoms with van der Waals surface area (Å²) >= 11 is 0. The minimum atomic E-state index is -1.24. The summed E-state index contributed by atoms with van der Waals surface area (Å²) in [5, 5.41) is 21.2. The third-order valence-electron chi connectivity index (χ3n) is 3.51. The van der Waals surface area contributed by atoms with Crippen molar-refractivity contribution >= 4 is 25.0 Å². The van der Waals surface area contributed by atoms with Crippen molar-refractivity contribution in [3.05, 3.63) is 0 Å². The Morgan fingerprint density at radius 2 is 2.09 bits per heavy atom. The predicted octanol–water partition coefficient (Wildman–Crippen LogP) is -2.47. The predicted molar refractivity (Wildman–Crippen MR) is 84.1 cm³/mol.